The van der Waals surface area contributed by atoms with Gasteiger partial charge < -0.3 is 19.5 Å². The van der Waals surface area contributed by atoms with Crippen LogP contribution in [0.25, 0.3) is 28.2 Å². The van der Waals surface area contributed by atoms with E-state index in [1.807, 2.05) is 74.0 Å². The molecule has 3 heterocycles. The number of carbonyl (C=O) groups excluding carboxylic acids is 2. The average Bonchev–Trinajstić information content (AvgIpc) is 3.44. The molecule has 4 aromatic rings. The number of hydrogen-bond donors (Lipinski definition) is 2. The highest BCUT2D eigenvalue weighted by Gasteiger charge is 2.25. The number of aryl methyl sites for hydroxylation is 1. The van der Waals surface area contributed by atoms with Crippen LogP contribution in [0.4, 0.5) is 0 Å². The second-order valence-electron chi connectivity index (χ2n) is 8.15. The van der Waals surface area contributed by atoms with E-state index in [1.54, 1.807) is 19.2 Å². The van der Waals surface area contributed by atoms with Crippen LogP contribution in [-0.4, -0.2) is 34.3 Å². The summed E-state index contributed by atoms with van der Waals surface area (Å²) in [4.78, 5) is 29.3. The summed E-state index contributed by atoms with van der Waals surface area (Å²) in [5.74, 6) is 0.0279. The number of furan rings is 1. The van der Waals surface area contributed by atoms with Gasteiger partial charge in [0.05, 0.1) is 5.69 Å². The number of benzene rings is 1. The maximum atomic E-state index is 12.6. The molecular formula is C25H26N4O3. The van der Waals surface area contributed by atoms with Crippen molar-refractivity contribution in [1.29, 1.82) is 0 Å². The Hall–Kier alpha value is -3.87. The lowest BCUT2D eigenvalue weighted by atomic mass is 10.0. The molecule has 4 rings (SSSR count). The third-order valence-electron chi connectivity index (χ3n) is 5.38. The Bertz CT molecular complexity index is 1270. The van der Waals surface area contributed by atoms with E-state index < -0.39 is 11.9 Å². The maximum absolute atomic E-state index is 12.6. The molecule has 0 aliphatic rings. The van der Waals surface area contributed by atoms with Crippen LogP contribution in [0, 0.1) is 12.8 Å². The molecule has 164 valence electrons. The smallest absolute Gasteiger partial charge is 0.287 e. The topological polar surface area (TPSA) is 88.6 Å². The van der Waals surface area contributed by atoms with Crippen LogP contribution in [0.15, 0.2) is 65.3 Å². The molecule has 1 atom stereocenters. The summed E-state index contributed by atoms with van der Waals surface area (Å²) in [6.07, 6.45) is 4.05. The number of carbonyl (C=O) groups is 2. The van der Waals surface area contributed by atoms with Crippen molar-refractivity contribution < 1.29 is 14.0 Å². The van der Waals surface area contributed by atoms with Crippen LogP contribution < -0.4 is 10.6 Å². The zero-order chi connectivity index (χ0) is 22.8. The Morgan fingerprint density at radius 3 is 2.38 bits per heavy atom. The van der Waals surface area contributed by atoms with Crippen molar-refractivity contribution >= 4 is 17.5 Å². The van der Waals surface area contributed by atoms with Gasteiger partial charge in [0.25, 0.3) is 5.91 Å². The van der Waals surface area contributed by atoms with Crippen molar-refractivity contribution in [2.24, 2.45) is 5.92 Å². The maximum Gasteiger partial charge on any atom is 0.287 e. The van der Waals surface area contributed by atoms with Crippen LogP contribution in [0.5, 0.6) is 0 Å². The highest BCUT2D eigenvalue weighted by Crippen LogP contribution is 2.26. The lowest BCUT2D eigenvalue weighted by Crippen LogP contribution is -2.48. The minimum atomic E-state index is -0.630. The van der Waals surface area contributed by atoms with Crippen LogP contribution in [0.2, 0.25) is 0 Å². The van der Waals surface area contributed by atoms with Gasteiger partial charge in [0.2, 0.25) is 5.91 Å². The zero-order valence-electron chi connectivity index (χ0n) is 18.5. The SMILES string of the molecule is CNC(=O)[C@@H](NC(=O)c1ccc(-c2ccc(-c3cn4cc(C)ccc4n3)cc2)o1)C(C)C. The number of likely N-dealkylation sites (N-methyl/N-ethyl adjacent to an activating group) is 1. The van der Waals surface area contributed by atoms with Gasteiger partial charge >= 0.3 is 0 Å². The van der Waals surface area contributed by atoms with Gasteiger partial charge in [-0.25, -0.2) is 4.98 Å². The molecule has 2 N–H and O–H groups in total. The first-order chi connectivity index (χ1) is 15.4. The van der Waals surface area contributed by atoms with Crippen molar-refractivity contribution in [3.05, 3.63) is 72.2 Å². The summed E-state index contributed by atoms with van der Waals surface area (Å²) < 4.78 is 7.78. The molecular weight excluding hydrogens is 404 g/mol. The first kappa shape index (κ1) is 21.4. The number of aromatic nitrogens is 2. The molecule has 0 aliphatic carbocycles. The minimum Gasteiger partial charge on any atom is -0.451 e. The van der Waals surface area contributed by atoms with E-state index in [1.165, 1.54) is 5.56 Å². The first-order valence-corrected chi connectivity index (χ1v) is 10.5. The van der Waals surface area contributed by atoms with Gasteiger partial charge in [0, 0.05) is 30.6 Å². The molecule has 0 bridgehead atoms. The summed E-state index contributed by atoms with van der Waals surface area (Å²) in [5, 5.41) is 5.31. The van der Waals surface area contributed by atoms with Gasteiger partial charge in [-0.3, -0.25) is 9.59 Å². The minimum absolute atomic E-state index is 0.0515. The van der Waals surface area contributed by atoms with E-state index in [0.29, 0.717) is 5.76 Å². The summed E-state index contributed by atoms with van der Waals surface area (Å²) >= 11 is 0. The predicted molar refractivity (Wildman–Crippen MR) is 123 cm³/mol. The monoisotopic (exact) mass is 430 g/mol. The van der Waals surface area contributed by atoms with E-state index >= 15 is 0 Å². The number of nitrogens with zero attached hydrogens (tertiary/aromatic N) is 2. The molecule has 0 saturated carbocycles. The molecule has 32 heavy (non-hydrogen) atoms. The number of nitrogens with one attached hydrogen (secondary N) is 2. The quantitative estimate of drug-likeness (QED) is 0.483. The third-order valence-corrected chi connectivity index (χ3v) is 5.38. The molecule has 0 aliphatic heterocycles. The number of amides is 2. The zero-order valence-corrected chi connectivity index (χ0v) is 18.5. The summed E-state index contributed by atoms with van der Waals surface area (Å²) in [6.45, 7) is 5.80. The van der Waals surface area contributed by atoms with E-state index in [2.05, 4.69) is 15.6 Å². The van der Waals surface area contributed by atoms with Crippen molar-refractivity contribution in [1.82, 2.24) is 20.0 Å². The number of pyridine rings is 1. The second kappa shape index (κ2) is 8.70. The Labute approximate surface area is 186 Å². The highest BCUT2D eigenvalue weighted by molar-refractivity contribution is 5.96. The summed E-state index contributed by atoms with van der Waals surface area (Å²) in [5.41, 5.74) is 4.79. The standard InChI is InChI=1S/C25H26N4O3/c1-15(2)23(25(31)26-4)28-24(30)21-11-10-20(32-21)18-8-6-17(7-9-18)19-14-29-13-16(3)5-12-22(29)27-19/h5-15,23H,1-4H3,(H,26,31)(H,28,30)/t23-/m0/s1. The molecule has 1 aromatic carbocycles. The molecule has 3 aromatic heterocycles. The van der Waals surface area contributed by atoms with Gasteiger partial charge in [0.1, 0.15) is 17.4 Å². The van der Waals surface area contributed by atoms with E-state index in [0.717, 1.165) is 22.5 Å². The highest BCUT2D eigenvalue weighted by atomic mass is 16.4. The number of rotatable bonds is 6. The molecule has 2 amide bonds. The Morgan fingerprint density at radius 2 is 1.69 bits per heavy atom. The number of fused-ring (bicyclic) bond motifs is 1. The number of hydrogen-bond acceptors (Lipinski definition) is 4. The molecule has 0 saturated heterocycles. The molecule has 0 fully saturated rings. The van der Waals surface area contributed by atoms with E-state index in [-0.39, 0.29) is 17.6 Å². The van der Waals surface area contributed by atoms with Gasteiger partial charge in [-0.2, -0.15) is 0 Å². The molecule has 0 unspecified atom stereocenters. The normalized spacial score (nSPS) is 12.2. The molecule has 0 radical (unpaired) electrons. The van der Waals surface area contributed by atoms with E-state index in [4.69, 9.17) is 4.42 Å². The second-order valence-corrected chi connectivity index (χ2v) is 8.15. The average molecular weight is 431 g/mol. The molecule has 7 heteroatoms. The van der Waals surface area contributed by atoms with Crippen LogP contribution >= 0.6 is 0 Å². The molecule has 7 nitrogen and oxygen atoms in total. The van der Waals surface area contributed by atoms with Crippen molar-refractivity contribution in [3.8, 4) is 22.6 Å². The number of imidazole rings is 1. The first-order valence-electron chi connectivity index (χ1n) is 10.5. The fourth-order valence-corrected chi connectivity index (χ4v) is 3.57. The third kappa shape index (κ3) is 4.27. The largest absolute Gasteiger partial charge is 0.451 e. The van der Waals surface area contributed by atoms with E-state index in [9.17, 15) is 9.59 Å². The summed E-state index contributed by atoms with van der Waals surface area (Å²) in [6, 6.07) is 14.6. The molecule has 0 spiro atoms. The lowest BCUT2D eigenvalue weighted by molar-refractivity contribution is -0.123. The van der Waals surface area contributed by atoms with Crippen molar-refractivity contribution in [2.45, 2.75) is 26.8 Å². The van der Waals surface area contributed by atoms with Gasteiger partial charge in [-0.15, -0.1) is 0 Å². The van der Waals surface area contributed by atoms with Crippen molar-refractivity contribution in [3.63, 3.8) is 0 Å². The Kier molecular flexibility index (Phi) is 5.81. The van der Waals surface area contributed by atoms with Gasteiger partial charge in [0.15, 0.2) is 5.76 Å². The van der Waals surface area contributed by atoms with Crippen LogP contribution in [0.1, 0.15) is 30.0 Å². The Balaban J connectivity index is 1.51. The lowest BCUT2D eigenvalue weighted by Gasteiger charge is -2.19. The van der Waals surface area contributed by atoms with Crippen LogP contribution in [-0.2, 0) is 4.79 Å². The van der Waals surface area contributed by atoms with Crippen LogP contribution in [0.3, 0.4) is 0 Å². The predicted octanol–water partition coefficient (Wildman–Crippen LogP) is 4.07. The summed E-state index contributed by atoms with van der Waals surface area (Å²) in [7, 11) is 1.55. The van der Waals surface area contributed by atoms with Gasteiger partial charge in [-0.05, 0) is 36.6 Å². The fraction of sp³-hybridized carbons (Fsp3) is 0.240. The van der Waals surface area contributed by atoms with Gasteiger partial charge in [-0.1, -0.05) is 44.2 Å². The Morgan fingerprint density at radius 1 is 0.969 bits per heavy atom. The fourth-order valence-electron chi connectivity index (χ4n) is 3.57. The van der Waals surface area contributed by atoms with Crippen molar-refractivity contribution in [2.75, 3.05) is 7.05 Å².